The van der Waals surface area contributed by atoms with Crippen molar-refractivity contribution in [2.24, 2.45) is 5.92 Å². The van der Waals surface area contributed by atoms with E-state index in [0.717, 1.165) is 33.5 Å². The number of methoxy groups -OCH3 is 3. The van der Waals surface area contributed by atoms with Gasteiger partial charge in [0.25, 0.3) is 0 Å². The fraction of sp³-hybridized carbons (Fsp3) is 0.412. The summed E-state index contributed by atoms with van der Waals surface area (Å²) in [4.78, 5) is 47.7. The molecule has 0 aromatic heterocycles. The third-order valence-electron chi connectivity index (χ3n) is 3.58. The maximum atomic E-state index is 13.2. The quantitative estimate of drug-likeness (QED) is 0.512. The summed E-state index contributed by atoms with van der Waals surface area (Å²) in [5.74, 6) is -6.76. The van der Waals surface area contributed by atoms with Gasteiger partial charge in [0.2, 0.25) is 5.91 Å². The Labute approximate surface area is 153 Å². The molecule has 1 aromatic rings. The molecule has 10 heteroatoms. The van der Waals surface area contributed by atoms with E-state index >= 15 is 0 Å². The van der Waals surface area contributed by atoms with E-state index in [1.54, 1.807) is 0 Å². The van der Waals surface area contributed by atoms with Crippen molar-refractivity contribution in [2.45, 2.75) is 18.9 Å². The number of nitrogens with one attached hydrogen (secondary N) is 1. The van der Waals surface area contributed by atoms with Crippen molar-refractivity contribution in [2.75, 3.05) is 21.3 Å². The van der Waals surface area contributed by atoms with Crippen LogP contribution >= 0.6 is 0 Å². The van der Waals surface area contributed by atoms with Crippen molar-refractivity contribution >= 4 is 23.8 Å². The number of esters is 3. The van der Waals surface area contributed by atoms with Crippen LogP contribution in [0.15, 0.2) is 18.2 Å². The van der Waals surface area contributed by atoms with Crippen LogP contribution in [0.4, 0.5) is 8.78 Å². The first-order valence-corrected chi connectivity index (χ1v) is 7.68. The summed E-state index contributed by atoms with van der Waals surface area (Å²) >= 11 is 0. The van der Waals surface area contributed by atoms with Gasteiger partial charge in [0.1, 0.15) is 17.7 Å². The maximum absolute atomic E-state index is 13.2. The van der Waals surface area contributed by atoms with E-state index in [9.17, 15) is 28.0 Å². The van der Waals surface area contributed by atoms with Gasteiger partial charge < -0.3 is 19.5 Å². The van der Waals surface area contributed by atoms with Gasteiger partial charge in [0.15, 0.2) is 0 Å². The molecule has 148 valence electrons. The SMILES string of the molecule is COC(=O)C[C@H](C(=O)OC)[C@H](NC(=O)Cc1cc(F)cc(F)c1)C(=O)OC. The second kappa shape index (κ2) is 10.2. The monoisotopic (exact) mass is 387 g/mol. The Morgan fingerprint density at radius 2 is 1.48 bits per heavy atom. The Balaban J connectivity index is 3.03. The lowest BCUT2D eigenvalue weighted by atomic mass is 9.95. The van der Waals surface area contributed by atoms with Gasteiger partial charge in [-0.15, -0.1) is 0 Å². The number of ether oxygens (including phenoxy) is 3. The standard InChI is InChI=1S/C17H19F2NO7/c1-25-14(22)8-12(16(23)26-2)15(17(24)27-3)20-13(21)6-9-4-10(18)7-11(19)5-9/h4-5,7,12,15H,6,8H2,1-3H3,(H,20,21)/t12-,15-/m0/s1. The average Bonchev–Trinajstić information content (AvgIpc) is 2.61. The summed E-state index contributed by atoms with van der Waals surface area (Å²) < 4.78 is 40.0. The normalized spacial score (nSPS) is 12.5. The number of hydrogen-bond acceptors (Lipinski definition) is 7. The molecule has 0 saturated heterocycles. The largest absolute Gasteiger partial charge is 0.469 e. The zero-order valence-electron chi connectivity index (χ0n) is 14.9. The minimum Gasteiger partial charge on any atom is -0.469 e. The zero-order chi connectivity index (χ0) is 20.6. The lowest BCUT2D eigenvalue weighted by Crippen LogP contribution is -2.50. The molecule has 0 unspecified atom stereocenters. The van der Waals surface area contributed by atoms with Gasteiger partial charge in [-0.3, -0.25) is 14.4 Å². The maximum Gasteiger partial charge on any atom is 0.329 e. The van der Waals surface area contributed by atoms with Gasteiger partial charge in [-0.25, -0.2) is 13.6 Å². The van der Waals surface area contributed by atoms with Crippen LogP contribution in [-0.2, 0) is 39.8 Å². The van der Waals surface area contributed by atoms with Gasteiger partial charge in [0, 0.05) is 6.07 Å². The number of amides is 1. The minimum absolute atomic E-state index is 0.0104. The first kappa shape index (κ1) is 22.0. The molecule has 0 spiro atoms. The molecule has 1 N–H and O–H groups in total. The highest BCUT2D eigenvalue weighted by Gasteiger charge is 2.38. The number of halogens is 2. The lowest BCUT2D eigenvalue weighted by Gasteiger charge is -2.23. The lowest BCUT2D eigenvalue weighted by molar-refractivity contribution is -0.159. The number of carbonyl (C=O) groups excluding carboxylic acids is 4. The molecule has 0 heterocycles. The number of rotatable bonds is 8. The topological polar surface area (TPSA) is 108 Å². The minimum atomic E-state index is -1.56. The molecule has 0 aliphatic carbocycles. The summed E-state index contributed by atoms with van der Waals surface area (Å²) in [6.07, 6.45) is -1.04. The van der Waals surface area contributed by atoms with Gasteiger partial charge >= 0.3 is 17.9 Å². The van der Waals surface area contributed by atoms with Gasteiger partial charge in [0.05, 0.1) is 40.1 Å². The summed E-state index contributed by atoms with van der Waals surface area (Å²) in [5, 5.41) is 2.23. The average molecular weight is 387 g/mol. The van der Waals surface area contributed by atoms with Gasteiger partial charge in [-0.1, -0.05) is 0 Å². The fourth-order valence-electron chi connectivity index (χ4n) is 2.33. The molecule has 27 heavy (non-hydrogen) atoms. The van der Waals surface area contributed by atoms with E-state index in [-0.39, 0.29) is 5.56 Å². The Kier molecular flexibility index (Phi) is 8.31. The molecule has 0 bridgehead atoms. The third-order valence-corrected chi connectivity index (χ3v) is 3.58. The van der Waals surface area contributed by atoms with Crippen molar-refractivity contribution < 1.29 is 42.2 Å². The molecule has 1 amide bonds. The van der Waals surface area contributed by atoms with Crippen molar-refractivity contribution in [1.82, 2.24) is 5.32 Å². The Morgan fingerprint density at radius 3 is 1.96 bits per heavy atom. The second-order valence-electron chi connectivity index (χ2n) is 5.43. The first-order chi connectivity index (χ1) is 12.7. The van der Waals surface area contributed by atoms with Crippen LogP contribution < -0.4 is 5.32 Å². The Morgan fingerprint density at radius 1 is 0.926 bits per heavy atom. The zero-order valence-corrected chi connectivity index (χ0v) is 14.9. The van der Waals surface area contributed by atoms with Crippen LogP contribution in [-0.4, -0.2) is 51.2 Å². The summed E-state index contributed by atoms with van der Waals surface area (Å²) in [5.41, 5.74) is 0.0104. The van der Waals surface area contributed by atoms with Crippen LogP contribution in [0.5, 0.6) is 0 Å². The van der Waals surface area contributed by atoms with Crippen LogP contribution in [0.2, 0.25) is 0 Å². The third kappa shape index (κ3) is 6.65. The van der Waals surface area contributed by atoms with E-state index in [0.29, 0.717) is 6.07 Å². The molecule has 0 aliphatic rings. The highest BCUT2D eigenvalue weighted by atomic mass is 19.1. The molecule has 0 fully saturated rings. The number of carbonyl (C=O) groups is 4. The molecule has 1 aromatic carbocycles. The van der Waals surface area contributed by atoms with Crippen molar-refractivity contribution in [3.05, 3.63) is 35.4 Å². The number of hydrogen-bond donors (Lipinski definition) is 1. The van der Waals surface area contributed by atoms with Crippen molar-refractivity contribution in [3.8, 4) is 0 Å². The molecule has 8 nitrogen and oxygen atoms in total. The Hall–Kier alpha value is -3.04. The molecular weight excluding hydrogens is 368 g/mol. The summed E-state index contributed by atoms with van der Waals surface area (Å²) in [6, 6.07) is 0.972. The van der Waals surface area contributed by atoms with E-state index in [4.69, 9.17) is 0 Å². The molecule has 0 radical (unpaired) electrons. The second-order valence-corrected chi connectivity index (χ2v) is 5.43. The molecule has 0 saturated carbocycles. The Bertz CT molecular complexity index is 703. The predicted octanol–water partition coefficient (Wildman–Crippen LogP) is 0.517. The van der Waals surface area contributed by atoms with Crippen LogP contribution in [0, 0.1) is 17.6 Å². The van der Waals surface area contributed by atoms with Gasteiger partial charge in [-0.05, 0) is 17.7 Å². The van der Waals surface area contributed by atoms with Gasteiger partial charge in [-0.2, -0.15) is 0 Å². The van der Waals surface area contributed by atoms with Crippen molar-refractivity contribution in [1.29, 1.82) is 0 Å². The molecule has 0 aliphatic heterocycles. The predicted molar refractivity (Wildman–Crippen MR) is 86.1 cm³/mol. The molecule has 1 rings (SSSR count). The fourth-order valence-corrected chi connectivity index (χ4v) is 2.33. The van der Waals surface area contributed by atoms with Crippen LogP contribution in [0.3, 0.4) is 0 Å². The first-order valence-electron chi connectivity index (χ1n) is 7.68. The summed E-state index contributed by atoms with van der Waals surface area (Å²) in [6.45, 7) is 0. The molecule has 2 atom stereocenters. The summed E-state index contributed by atoms with van der Waals surface area (Å²) in [7, 11) is 3.15. The van der Waals surface area contributed by atoms with E-state index in [1.807, 2.05) is 0 Å². The highest BCUT2D eigenvalue weighted by molar-refractivity contribution is 5.91. The van der Waals surface area contributed by atoms with E-state index in [1.165, 1.54) is 0 Å². The smallest absolute Gasteiger partial charge is 0.329 e. The number of benzene rings is 1. The van der Waals surface area contributed by atoms with E-state index in [2.05, 4.69) is 19.5 Å². The van der Waals surface area contributed by atoms with E-state index < -0.39 is 60.3 Å². The van der Waals surface area contributed by atoms with Crippen LogP contribution in [0.25, 0.3) is 0 Å². The van der Waals surface area contributed by atoms with Crippen molar-refractivity contribution in [3.63, 3.8) is 0 Å². The highest BCUT2D eigenvalue weighted by Crippen LogP contribution is 2.15. The van der Waals surface area contributed by atoms with Crippen LogP contribution in [0.1, 0.15) is 12.0 Å². The molecular formula is C17H19F2NO7.